The largest absolute Gasteiger partial charge is 0.507 e. The minimum atomic E-state index is -0.432. The Morgan fingerprint density at radius 3 is 2.24 bits per heavy atom. The Morgan fingerprint density at radius 1 is 1.00 bits per heavy atom. The van der Waals surface area contributed by atoms with Gasteiger partial charge in [-0.15, -0.1) is 0 Å². The monoisotopic (exact) mass is 244 g/mol. The van der Waals surface area contributed by atoms with Crippen LogP contribution in [-0.4, -0.2) is 11.3 Å². The van der Waals surface area contributed by atoms with Crippen LogP contribution in [0.5, 0.6) is 5.75 Å². The van der Waals surface area contributed by atoms with E-state index in [-0.39, 0.29) is 0 Å². The average molecular weight is 244 g/mol. The van der Waals surface area contributed by atoms with Crippen LogP contribution in [0, 0.1) is 6.92 Å². The van der Waals surface area contributed by atoms with Crippen LogP contribution < -0.4 is 10.6 Å². The predicted molar refractivity (Wildman–Crippen MR) is 76.0 cm³/mol. The first-order valence-electron chi connectivity index (χ1n) is 5.84. The van der Waals surface area contributed by atoms with Crippen molar-refractivity contribution in [3.63, 3.8) is 0 Å². The highest BCUT2D eigenvalue weighted by Gasteiger charge is 2.14. The van der Waals surface area contributed by atoms with Crippen molar-refractivity contribution in [3.05, 3.63) is 54.1 Å². The highest BCUT2D eigenvalue weighted by atomic mass is 31.1. The maximum Gasteiger partial charge on any atom is 0.123 e. The van der Waals surface area contributed by atoms with Crippen molar-refractivity contribution >= 4 is 18.5 Å². The number of para-hydroxylation sites is 1. The van der Waals surface area contributed by atoms with Gasteiger partial charge in [0.2, 0.25) is 0 Å². The number of hydrogen-bond donors (Lipinski definition) is 1. The van der Waals surface area contributed by atoms with Crippen molar-refractivity contribution in [2.75, 3.05) is 6.16 Å². The lowest BCUT2D eigenvalue weighted by molar-refractivity contribution is 0.480. The number of rotatable bonds is 3. The van der Waals surface area contributed by atoms with E-state index in [9.17, 15) is 5.11 Å². The van der Waals surface area contributed by atoms with E-state index in [0.29, 0.717) is 5.75 Å². The topological polar surface area (TPSA) is 20.2 Å². The fraction of sp³-hybridized carbons (Fsp3) is 0.200. The zero-order valence-electron chi connectivity index (χ0n) is 10.2. The van der Waals surface area contributed by atoms with Gasteiger partial charge in [-0.25, -0.2) is 0 Å². The van der Waals surface area contributed by atoms with E-state index in [0.717, 1.165) is 11.5 Å². The average Bonchev–Trinajstić information content (AvgIpc) is 2.35. The fourth-order valence-corrected chi connectivity index (χ4v) is 4.02. The molecule has 0 bridgehead atoms. The number of aryl methyl sites for hydroxylation is 1. The van der Waals surface area contributed by atoms with Gasteiger partial charge in [0.05, 0.1) is 0 Å². The maximum absolute atomic E-state index is 9.94. The molecular weight excluding hydrogens is 227 g/mol. The van der Waals surface area contributed by atoms with E-state index in [2.05, 4.69) is 38.1 Å². The second-order valence-electron chi connectivity index (χ2n) is 4.07. The summed E-state index contributed by atoms with van der Waals surface area (Å²) in [6, 6.07) is 16.3. The van der Waals surface area contributed by atoms with Crippen molar-refractivity contribution < 1.29 is 5.11 Å². The molecule has 88 valence electrons. The van der Waals surface area contributed by atoms with Gasteiger partial charge in [-0.3, -0.25) is 0 Å². The number of benzene rings is 2. The van der Waals surface area contributed by atoms with Crippen molar-refractivity contribution in [1.29, 1.82) is 0 Å². The first-order valence-corrected chi connectivity index (χ1v) is 7.37. The summed E-state index contributed by atoms with van der Waals surface area (Å²) in [6.45, 7) is 4.27. The molecular formula is C15H17OP. The third-order valence-corrected chi connectivity index (χ3v) is 5.35. The molecule has 1 unspecified atom stereocenters. The van der Waals surface area contributed by atoms with Crippen molar-refractivity contribution in [3.8, 4) is 5.75 Å². The van der Waals surface area contributed by atoms with Crippen LogP contribution in [0.15, 0.2) is 48.5 Å². The highest BCUT2D eigenvalue weighted by molar-refractivity contribution is 7.73. The van der Waals surface area contributed by atoms with Gasteiger partial charge in [0.25, 0.3) is 0 Å². The Morgan fingerprint density at radius 2 is 1.65 bits per heavy atom. The molecule has 1 nitrogen and oxygen atoms in total. The summed E-state index contributed by atoms with van der Waals surface area (Å²) in [7, 11) is -0.432. The van der Waals surface area contributed by atoms with Crippen molar-refractivity contribution in [2.45, 2.75) is 13.8 Å². The SMILES string of the molecule is CCP(c1ccc(C)cc1)c1ccccc1O. The molecule has 17 heavy (non-hydrogen) atoms. The minimum absolute atomic E-state index is 0.418. The molecule has 0 aliphatic heterocycles. The summed E-state index contributed by atoms with van der Waals surface area (Å²) in [5.41, 5.74) is 1.28. The molecule has 1 atom stereocenters. The molecule has 2 rings (SSSR count). The molecule has 0 spiro atoms. The van der Waals surface area contributed by atoms with Gasteiger partial charge in [-0.05, 0) is 32.4 Å². The summed E-state index contributed by atoms with van der Waals surface area (Å²) in [5, 5.41) is 12.4. The summed E-state index contributed by atoms with van der Waals surface area (Å²) >= 11 is 0. The van der Waals surface area contributed by atoms with Gasteiger partial charge in [0, 0.05) is 5.30 Å². The zero-order chi connectivity index (χ0) is 12.3. The van der Waals surface area contributed by atoms with Crippen LogP contribution in [-0.2, 0) is 0 Å². The van der Waals surface area contributed by atoms with E-state index in [1.807, 2.05) is 18.2 Å². The van der Waals surface area contributed by atoms with Crippen LogP contribution in [0.25, 0.3) is 0 Å². The zero-order valence-corrected chi connectivity index (χ0v) is 11.1. The van der Waals surface area contributed by atoms with E-state index in [1.54, 1.807) is 6.07 Å². The first kappa shape index (κ1) is 12.1. The van der Waals surface area contributed by atoms with E-state index in [1.165, 1.54) is 10.9 Å². The molecule has 0 aromatic heterocycles. The number of phenolic OH excluding ortho intramolecular Hbond substituents is 1. The van der Waals surface area contributed by atoms with E-state index < -0.39 is 7.92 Å². The molecule has 2 aromatic carbocycles. The smallest absolute Gasteiger partial charge is 0.123 e. The van der Waals surface area contributed by atoms with Crippen molar-refractivity contribution in [2.24, 2.45) is 0 Å². The van der Waals surface area contributed by atoms with Gasteiger partial charge >= 0.3 is 0 Å². The predicted octanol–water partition coefficient (Wildman–Crippen LogP) is 3.15. The van der Waals surface area contributed by atoms with Crippen LogP contribution >= 0.6 is 7.92 Å². The van der Waals surface area contributed by atoms with E-state index in [4.69, 9.17) is 0 Å². The highest BCUT2D eigenvalue weighted by Crippen LogP contribution is 2.36. The Hall–Kier alpha value is -1.33. The number of aromatic hydroxyl groups is 1. The summed E-state index contributed by atoms with van der Waals surface area (Å²) in [4.78, 5) is 0. The lowest BCUT2D eigenvalue weighted by Gasteiger charge is -2.17. The summed E-state index contributed by atoms with van der Waals surface area (Å²) < 4.78 is 0. The normalized spacial score (nSPS) is 12.4. The Labute approximate surface area is 104 Å². The second kappa shape index (κ2) is 5.33. The molecule has 0 aliphatic carbocycles. The summed E-state index contributed by atoms with van der Waals surface area (Å²) in [6.07, 6.45) is 1.05. The standard InChI is InChI=1S/C15H17OP/c1-3-17(13-10-8-12(2)9-11-13)15-7-5-4-6-14(15)16/h4-11,16H,3H2,1-2H3. The third kappa shape index (κ3) is 2.68. The molecule has 2 aromatic rings. The number of hydrogen-bond acceptors (Lipinski definition) is 1. The third-order valence-electron chi connectivity index (χ3n) is 2.83. The number of phenols is 1. The van der Waals surface area contributed by atoms with Crippen LogP contribution in [0.3, 0.4) is 0 Å². The van der Waals surface area contributed by atoms with Gasteiger partial charge in [0.15, 0.2) is 0 Å². The Kier molecular flexibility index (Phi) is 3.81. The van der Waals surface area contributed by atoms with Gasteiger partial charge in [-0.1, -0.05) is 55.0 Å². The van der Waals surface area contributed by atoms with E-state index >= 15 is 0 Å². The van der Waals surface area contributed by atoms with Crippen LogP contribution in [0.1, 0.15) is 12.5 Å². The van der Waals surface area contributed by atoms with Crippen LogP contribution in [0.4, 0.5) is 0 Å². The summed E-state index contributed by atoms with van der Waals surface area (Å²) in [5.74, 6) is 0.418. The molecule has 0 fully saturated rings. The molecule has 0 heterocycles. The maximum atomic E-state index is 9.94. The molecule has 2 heteroatoms. The fourth-order valence-electron chi connectivity index (χ4n) is 1.91. The van der Waals surface area contributed by atoms with Gasteiger partial charge < -0.3 is 5.11 Å². The minimum Gasteiger partial charge on any atom is -0.507 e. The quantitative estimate of drug-likeness (QED) is 0.822. The Balaban J connectivity index is 2.40. The first-order chi connectivity index (χ1) is 8.22. The molecule has 0 saturated carbocycles. The molecule has 0 radical (unpaired) electrons. The van der Waals surface area contributed by atoms with Crippen molar-refractivity contribution in [1.82, 2.24) is 0 Å². The van der Waals surface area contributed by atoms with Crippen LogP contribution in [0.2, 0.25) is 0 Å². The molecule has 0 amide bonds. The van der Waals surface area contributed by atoms with Gasteiger partial charge in [-0.2, -0.15) is 0 Å². The second-order valence-corrected chi connectivity index (χ2v) is 6.56. The lowest BCUT2D eigenvalue weighted by atomic mass is 10.2. The molecule has 0 aliphatic rings. The molecule has 0 saturated heterocycles. The lowest BCUT2D eigenvalue weighted by Crippen LogP contribution is -2.13. The van der Waals surface area contributed by atoms with Gasteiger partial charge in [0.1, 0.15) is 5.75 Å². The molecule has 1 N–H and O–H groups in total. The Bertz CT molecular complexity index is 491.